The predicted molar refractivity (Wildman–Crippen MR) is 83.8 cm³/mol. The smallest absolute Gasteiger partial charge is 0.277 e. The number of aromatic nitrogens is 4. The van der Waals surface area contributed by atoms with Crippen LogP contribution in [0.5, 0.6) is 0 Å². The van der Waals surface area contributed by atoms with Gasteiger partial charge in [0.25, 0.3) is 5.56 Å². The molecule has 0 unspecified atom stereocenters. The lowest BCUT2D eigenvalue weighted by Crippen LogP contribution is -2.07. The molecule has 104 valence electrons. The van der Waals surface area contributed by atoms with E-state index in [1.807, 2.05) is 18.2 Å². The van der Waals surface area contributed by atoms with Crippen molar-refractivity contribution in [1.82, 2.24) is 19.9 Å². The van der Waals surface area contributed by atoms with Crippen molar-refractivity contribution in [2.45, 2.75) is 6.42 Å². The van der Waals surface area contributed by atoms with Crippen LogP contribution in [0, 0.1) is 4.77 Å². The lowest BCUT2D eigenvalue weighted by Gasteiger charge is -2.02. The van der Waals surface area contributed by atoms with Gasteiger partial charge in [-0.05, 0) is 23.8 Å². The number of hydrogen-bond donors (Lipinski definition) is 4. The minimum absolute atomic E-state index is 0.262. The molecular formula is C14H11N5OS. The van der Waals surface area contributed by atoms with E-state index in [2.05, 4.69) is 31.8 Å². The van der Waals surface area contributed by atoms with Gasteiger partial charge in [0.1, 0.15) is 11.3 Å². The monoisotopic (exact) mass is 297 g/mol. The predicted octanol–water partition coefficient (Wildman–Crippen LogP) is 2.46. The first-order valence-electron chi connectivity index (χ1n) is 6.40. The number of benzene rings is 1. The lowest BCUT2D eigenvalue weighted by molar-refractivity contribution is 1.12. The van der Waals surface area contributed by atoms with Crippen molar-refractivity contribution in [1.29, 1.82) is 0 Å². The molecule has 0 amide bonds. The van der Waals surface area contributed by atoms with Gasteiger partial charge in [0, 0.05) is 23.4 Å². The summed E-state index contributed by atoms with van der Waals surface area (Å²) in [7, 11) is 0. The van der Waals surface area contributed by atoms with Crippen LogP contribution in [0.25, 0.3) is 22.6 Å². The van der Waals surface area contributed by atoms with Crippen molar-refractivity contribution in [3.63, 3.8) is 0 Å². The largest absolute Gasteiger partial charge is 0.359 e. The van der Waals surface area contributed by atoms with Gasteiger partial charge in [-0.3, -0.25) is 9.78 Å². The van der Waals surface area contributed by atoms with Crippen molar-refractivity contribution >= 4 is 29.1 Å². The first-order chi connectivity index (χ1) is 10.1. The molecule has 1 aliphatic heterocycles. The van der Waals surface area contributed by atoms with Crippen molar-refractivity contribution in [2.24, 2.45) is 0 Å². The summed E-state index contributed by atoms with van der Waals surface area (Å²) in [6, 6.07) is 6.00. The Hall–Kier alpha value is -2.67. The third-order valence-electron chi connectivity index (χ3n) is 3.49. The normalized spacial score (nSPS) is 13.4. The van der Waals surface area contributed by atoms with E-state index in [1.165, 1.54) is 5.56 Å². The molecule has 3 heterocycles. The number of allylic oxidation sites excluding steroid dienone is 1. The Bertz CT molecular complexity index is 1010. The number of rotatable bonds is 1. The Balaban J connectivity index is 1.90. The summed E-state index contributed by atoms with van der Waals surface area (Å²) in [5.74, 6) is 0.620. The molecule has 4 N–H and O–H groups in total. The van der Waals surface area contributed by atoms with Crippen LogP contribution in [0.2, 0.25) is 0 Å². The number of fused-ring (bicyclic) bond motifs is 2. The Morgan fingerprint density at radius 3 is 2.95 bits per heavy atom. The van der Waals surface area contributed by atoms with Gasteiger partial charge >= 0.3 is 0 Å². The molecule has 0 radical (unpaired) electrons. The summed E-state index contributed by atoms with van der Waals surface area (Å²) in [6.45, 7) is 3.93. The second-order valence-corrected chi connectivity index (χ2v) is 5.40. The summed E-state index contributed by atoms with van der Waals surface area (Å²) >= 11 is 4.95. The molecule has 0 fully saturated rings. The molecule has 0 saturated carbocycles. The van der Waals surface area contributed by atoms with Gasteiger partial charge in [-0.2, -0.15) is 0 Å². The van der Waals surface area contributed by atoms with Gasteiger partial charge in [0.05, 0.1) is 0 Å². The fraction of sp³-hybridized carbons (Fsp3) is 0.0714. The van der Waals surface area contributed by atoms with Crippen LogP contribution in [0.15, 0.2) is 35.3 Å². The van der Waals surface area contributed by atoms with Crippen molar-refractivity contribution in [3.05, 3.63) is 51.2 Å². The van der Waals surface area contributed by atoms with E-state index in [0.717, 1.165) is 23.4 Å². The third-order valence-corrected chi connectivity index (χ3v) is 3.69. The fourth-order valence-corrected chi connectivity index (χ4v) is 2.72. The first-order valence-corrected chi connectivity index (χ1v) is 6.81. The molecule has 1 aliphatic rings. The zero-order valence-corrected chi connectivity index (χ0v) is 11.7. The number of anilines is 1. The Morgan fingerprint density at radius 2 is 2.10 bits per heavy atom. The molecule has 4 rings (SSSR count). The quantitative estimate of drug-likeness (QED) is 0.519. The Labute approximate surface area is 124 Å². The highest BCUT2D eigenvalue weighted by atomic mass is 32.1. The van der Waals surface area contributed by atoms with Crippen LogP contribution in [0.1, 0.15) is 5.56 Å². The molecule has 0 saturated heterocycles. The van der Waals surface area contributed by atoms with E-state index < -0.39 is 0 Å². The average molecular weight is 297 g/mol. The zero-order valence-electron chi connectivity index (χ0n) is 10.9. The summed E-state index contributed by atoms with van der Waals surface area (Å²) < 4.78 is 0.262. The number of nitrogens with zero attached hydrogens (tertiary/aromatic N) is 1. The van der Waals surface area contributed by atoms with E-state index in [1.54, 1.807) is 0 Å². The molecule has 6 nitrogen and oxygen atoms in total. The summed E-state index contributed by atoms with van der Waals surface area (Å²) in [6.07, 6.45) is 0.836. The van der Waals surface area contributed by atoms with Crippen LogP contribution in [-0.4, -0.2) is 19.9 Å². The maximum Gasteiger partial charge on any atom is 0.277 e. The highest BCUT2D eigenvalue weighted by Crippen LogP contribution is 2.31. The highest BCUT2D eigenvalue weighted by molar-refractivity contribution is 7.71. The molecule has 0 aliphatic carbocycles. The van der Waals surface area contributed by atoms with Crippen molar-refractivity contribution < 1.29 is 0 Å². The number of hydrogen-bond acceptors (Lipinski definition) is 4. The van der Waals surface area contributed by atoms with Crippen LogP contribution in [0.4, 0.5) is 5.69 Å². The first kappa shape index (κ1) is 12.1. The minimum Gasteiger partial charge on any atom is -0.359 e. The summed E-state index contributed by atoms with van der Waals surface area (Å²) in [4.78, 5) is 24.7. The molecule has 7 heteroatoms. The van der Waals surface area contributed by atoms with Crippen LogP contribution in [-0.2, 0) is 6.42 Å². The van der Waals surface area contributed by atoms with Gasteiger partial charge in [0.15, 0.2) is 10.4 Å². The van der Waals surface area contributed by atoms with E-state index in [-0.39, 0.29) is 10.3 Å². The molecule has 0 bridgehead atoms. The lowest BCUT2D eigenvalue weighted by atomic mass is 10.1. The van der Waals surface area contributed by atoms with E-state index in [0.29, 0.717) is 17.0 Å². The van der Waals surface area contributed by atoms with E-state index in [9.17, 15) is 4.79 Å². The third kappa shape index (κ3) is 1.90. The number of aromatic amines is 3. The second kappa shape index (κ2) is 4.16. The Kier molecular flexibility index (Phi) is 2.40. The zero-order chi connectivity index (χ0) is 14.6. The van der Waals surface area contributed by atoms with Crippen molar-refractivity contribution in [3.8, 4) is 11.4 Å². The highest BCUT2D eigenvalue weighted by Gasteiger charge is 2.15. The molecule has 21 heavy (non-hydrogen) atoms. The van der Waals surface area contributed by atoms with Crippen LogP contribution >= 0.6 is 12.2 Å². The second-order valence-electron chi connectivity index (χ2n) is 4.99. The molecule has 1 aromatic carbocycles. The van der Waals surface area contributed by atoms with Crippen LogP contribution < -0.4 is 10.9 Å². The maximum atomic E-state index is 11.8. The van der Waals surface area contributed by atoms with Crippen molar-refractivity contribution in [2.75, 3.05) is 5.32 Å². The molecule has 3 aromatic rings. The average Bonchev–Trinajstić information content (AvgIpc) is 2.99. The van der Waals surface area contributed by atoms with Gasteiger partial charge in [0.2, 0.25) is 0 Å². The van der Waals surface area contributed by atoms with Gasteiger partial charge < -0.3 is 15.3 Å². The Morgan fingerprint density at radius 1 is 1.24 bits per heavy atom. The fourth-order valence-electron chi connectivity index (χ4n) is 2.53. The minimum atomic E-state index is -0.278. The van der Waals surface area contributed by atoms with Gasteiger partial charge in [-0.1, -0.05) is 18.7 Å². The van der Waals surface area contributed by atoms with E-state index >= 15 is 0 Å². The van der Waals surface area contributed by atoms with Gasteiger partial charge in [-0.25, -0.2) is 4.98 Å². The maximum absolute atomic E-state index is 11.8. The van der Waals surface area contributed by atoms with E-state index in [4.69, 9.17) is 12.2 Å². The molecule has 0 atom stereocenters. The number of H-pyrrole nitrogens is 3. The van der Waals surface area contributed by atoms with Crippen LogP contribution in [0.3, 0.4) is 0 Å². The molecule has 0 spiro atoms. The number of imidazole rings is 1. The topological polar surface area (TPSA) is 89.4 Å². The number of nitrogens with one attached hydrogen (secondary N) is 4. The summed E-state index contributed by atoms with van der Waals surface area (Å²) in [5, 5.41) is 3.23. The standard InChI is InChI=1S/C14H11N5OS/c1-6-4-7-2-3-8(5-9(7)15-6)11-16-10-12(17-11)18-14(21)19-13(10)20/h2-3,5,15H,1,4H2,(H3,16,17,18,19,20,21). The molecule has 2 aromatic heterocycles. The molecular weight excluding hydrogens is 286 g/mol. The summed E-state index contributed by atoms with van der Waals surface area (Å²) in [5.41, 5.74) is 4.67. The SMILES string of the molecule is C=C1Cc2ccc(-c3nc4[nH]c(=S)[nH]c(=O)c4[nH]3)cc2N1. The van der Waals surface area contributed by atoms with Gasteiger partial charge in [-0.15, -0.1) is 0 Å².